The molecule has 0 spiro atoms. The van der Waals surface area contributed by atoms with Gasteiger partial charge in [-0.15, -0.1) is 0 Å². The second-order valence-corrected chi connectivity index (χ2v) is 3.34. The highest BCUT2D eigenvalue weighted by atomic mass is 16.5. The van der Waals surface area contributed by atoms with Crippen LogP contribution in [-0.4, -0.2) is 12.6 Å². The zero-order valence-corrected chi connectivity index (χ0v) is 8.97. The summed E-state index contributed by atoms with van der Waals surface area (Å²) in [5.41, 5.74) is 0. The first kappa shape index (κ1) is 12.5. The van der Waals surface area contributed by atoms with Crippen molar-refractivity contribution < 1.29 is 9.53 Å². The third kappa shape index (κ3) is 9.38. The first-order chi connectivity index (χ1) is 6.31. The van der Waals surface area contributed by atoms with E-state index in [0.717, 1.165) is 6.42 Å². The number of carbonyl (C=O) groups excluding carboxylic acids is 1. The number of rotatable bonds is 8. The summed E-state index contributed by atoms with van der Waals surface area (Å²) < 4.78 is 4.96. The fraction of sp³-hybridized carbons (Fsp3) is 0.909. The Labute approximate surface area is 81.7 Å². The maximum atomic E-state index is 10.7. The van der Waals surface area contributed by atoms with Gasteiger partial charge in [-0.1, -0.05) is 46.0 Å². The van der Waals surface area contributed by atoms with Crippen LogP contribution in [0.3, 0.4) is 0 Å². The van der Waals surface area contributed by atoms with E-state index in [1.165, 1.54) is 32.1 Å². The van der Waals surface area contributed by atoms with E-state index in [1.807, 2.05) is 6.92 Å². The zero-order chi connectivity index (χ0) is 9.94. The maximum absolute atomic E-state index is 10.7. The Bertz CT molecular complexity index is 121. The standard InChI is InChI=1S/C11H22O2/c1-3-5-6-7-8-9-10-13-11(12)4-2/h3-10H2,1-2H3. The lowest BCUT2D eigenvalue weighted by molar-refractivity contribution is -0.143. The molecule has 0 aliphatic heterocycles. The monoisotopic (exact) mass is 186 g/mol. The van der Waals surface area contributed by atoms with E-state index in [1.54, 1.807) is 0 Å². The predicted octanol–water partition coefficient (Wildman–Crippen LogP) is 3.30. The average molecular weight is 186 g/mol. The predicted molar refractivity (Wildman–Crippen MR) is 54.6 cm³/mol. The molecule has 0 aliphatic rings. The summed E-state index contributed by atoms with van der Waals surface area (Å²) in [7, 11) is 0. The Hall–Kier alpha value is -0.530. The van der Waals surface area contributed by atoms with Crippen LogP contribution in [-0.2, 0) is 9.53 Å². The number of hydrogen-bond acceptors (Lipinski definition) is 2. The summed E-state index contributed by atoms with van der Waals surface area (Å²) in [6, 6.07) is 0. The molecule has 0 rings (SSSR count). The van der Waals surface area contributed by atoms with E-state index in [4.69, 9.17) is 4.74 Å². The van der Waals surface area contributed by atoms with Gasteiger partial charge < -0.3 is 4.74 Å². The molecule has 0 heterocycles. The van der Waals surface area contributed by atoms with Crippen LogP contribution in [0.5, 0.6) is 0 Å². The van der Waals surface area contributed by atoms with Gasteiger partial charge in [-0.2, -0.15) is 0 Å². The van der Waals surface area contributed by atoms with Crippen LogP contribution in [0.1, 0.15) is 58.8 Å². The van der Waals surface area contributed by atoms with Gasteiger partial charge in [0, 0.05) is 6.42 Å². The minimum atomic E-state index is -0.0754. The minimum Gasteiger partial charge on any atom is -0.466 e. The van der Waals surface area contributed by atoms with Gasteiger partial charge in [-0.25, -0.2) is 0 Å². The molecule has 2 nitrogen and oxygen atoms in total. The lowest BCUT2D eigenvalue weighted by atomic mass is 10.1. The smallest absolute Gasteiger partial charge is 0.305 e. The van der Waals surface area contributed by atoms with Crippen molar-refractivity contribution in [1.82, 2.24) is 0 Å². The molecule has 0 bridgehead atoms. The third-order valence-corrected chi connectivity index (χ3v) is 2.05. The molecule has 0 amide bonds. The molecule has 0 aromatic rings. The zero-order valence-electron chi connectivity index (χ0n) is 8.97. The van der Waals surface area contributed by atoms with Crippen LogP contribution in [0.2, 0.25) is 0 Å². The Morgan fingerprint density at radius 1 is 1.00 bits per heavy atom. The van der Waals surface area contributed by atoms with Crippen molar-refractivity contribution in [2.24, 2.45) is 0 Å². The topological polar surface area (TPSA) is 26.3 Å². The van der Waals surface area contributed by atoms with Gasteiger partial charge >= 0.3 is 5.97 Å². The molecule has 0 radical (unpaired) electrons. The number of esters is 1. The van der Waals surface area contributed by atoms with E-state index in [2.05, 4.69) is 6.92 Å². The normalized spacial score (nSPS) is 10.0. The van der Waals surface area contributed by atoms with Crippen LogP contribution in [0.25, 0.3) is 0 Å². The summed E-state index contributed by atoms with van der Waals surface area (Å²) in [5, 5.41) is 0. The largest absolute Gasteiger partial charge is 0.466 e. The summed E-state index contributed by atoms with van der Waals surface area (Å²) in [6.45, 7) is 4.64. The van der Waals surface area contributed by atoms with Crippen molar-refractivity contribution in [3.63, 3.8) is 0 Å². The molecule has 0 saturated carbocycles. The van der Waals surface area contributed by atoms with Crippen LogP contribution >= 0.6 is 0 Å². The lowest BCUT2D eigenvalue weighted by Gasteiger charge is -2.02. The van der Waals surface area contributed by atoms with E-state index in [9.17, 15) is 4.79 Å². The molecule has 2 heteroatoms. The maximum Gasteiger partial charge on any atom is 0.305 e. The van der Waals surface area contributed by atoms with Gasteiger partial charge in [0.25, 0.3) is 0 Å². The molecule has 0 N–H and O–H groups in total. The molecule has 0 aliphatic carbocycles. The highest BCUT2D eigenvalue weighted by molar-refractivity contribution is 5.68. The minimum absolute atomic E-state index is 0.0754. The Morgan fingerprint density at radius 2 is 1.62 bits per heavy atom. The molecule has 0 saturated heterocycles. The Kier molecular flexibility index (Phi) is 9.17. The highest BCUT2D eigenvalue weighted by Crippen LogP contribution is 2.04. The van der Waals surface area contributed by atoms with Gasteiger partial charge in [-0.05, 0) is 6.42 Å². The average Bonchev–Trinajstić information content (AvgIpc) is 2.16. The van der Waals surface area contributed by atoms with Gasteiger partial charge in [0.2, 0.25) is 0 Å². The van der Waals surface area contributed by atoms with E-state index >= 15 is 0 Å². The first-order valence-corrected chi connectivity index (χ1v) is 5.46. The van der Waals surface area contributed by atoms with Crippen LogP contribution < -0.4 is 0 Å². The molecule has 0 fully saturated rings. The number of unbranched alkanes of at least 4 members (excludes halogenated alkanes) is 5. The molecule has 13 heavy (non-hydrogen) atoms. The van der Waals surface area contributed by atoms with Crippen LogP contribution in [0.15, 0.2) is 0 Å². The third-order valence-electron chi connectivity index (χ3n) is 2.05. The summed E-state index contributed by atoms with van der Waals surface area (Å²) in [6.07, 6.45) is 7.91. The van der Waals surface area contributed by atoms with Crippen molar-refractivity contribution in [1.29, 1.82) is 0 Å². The second-order valence-electron chi connectivity index (χ2n) is 3.34. The molecular weight excluding hydrogens is 164 g/mol. The van der Waals surface area contributed by atoms with Crippen LogP contribution in [0.4, 0.5) is 0 Å². The molecule has 0 aromatic carbocycles. The van der Waals surface area contributed by atoms with Crippen molar-refractivity contribution in [2.45, 2.75) is 58.8 Å². The van der Waals surface area contributed by atoms with Crippen molar-refractivity contribution >= 4 is 5.97 Å². The van der Waals surface area contributed by atoms with E-state index < -0.39 is 0 Å². The Morgan fingerprint density at radius 3 is 2.23 bits per heavy atom. The quantitative estimate of drug-likeness (QED) is 0.429. The van der Waals surface area contributed by atoms with Crippen LogP contribution in [0, 0.1) is 0 Å². The first-order valence-electron chi connectivity index (χ1n) is 5.46. The summed E-state index contributed by atoms with van der Waals surface area (Å²) in [5.74, 6) is -0.0754. The van der Waals surface area contributed by atoms with Gasteiger partial charge in [0.05, 0.1) is 6.61 Å². The highest BCUT2D eigenvalue weighted by Gasteiger charge is 1.96. The molecule has 0 unspecified atom stereocenters. The number of carbonyl (C=O) groups is 1. The van der Waals surface area contributed by atoms with E-state index in [-0.39, 0.29) is 5.97 Å². The van der Waals surface area contributed by atoms with Gasteiger partial charge in [-0.3, -0.25) is 4.79 Å². The fourth-order valence-electron chi connectivity index (χ4n) is 1.17. The number of ether oxygens (including phenoxy) is 1. The summed E-state index contributed by atoms with van der Waals surface area (Å²) in [4.78, 5) is 10.7. The lowest BCUT2D eigenvalue weighted by Crippen LogP contribution is -2.03. The van der Waals surface area contributed by atoms with Gasteiger partial charge in [0.1, 0.15) is 0 Å². The second kappa shape index (κ2) is 9.56. The Balaban J connectivity index is 2.95. The molecular formula is C11H22O2. The van der Waals surface area contributed by atoms with Crippen molar-refractivity contribution in [2.75, 3.05) is 6.61 Å². The fourth-order valence-corrected chi connectivity index (χ4v) is 1.17. The molecule has 78 valence electrons. The summed E-state index contributed by atoms with van der Waals surface area (Å²) >= 11 is 0. The SMILES string of the molecule is CCCCCCCCOC(=O)CC. The molecule has 0 atom stereocenters. The van der Waals surface area contributed by atoms with Crippen molar-refractivity contribution in [3.05, 3.63) is 0 Å². The van der Waals surface area contributed by atoms with Crippen molar-refractivity contribution in [3.8, 4) is 0 Å². The number of hydrogen-bond donors (Lipinski definition) is 0. The molecule has 0 aromatic heterocycles. The van der Waals surface area contributed by atoms with E-state index in [0.29, 0.717) is 13.0 Å². The van der Waals surface area contributed by atoms with Gasteiger partial charge in [0.15, 0.2) is 0 Å².